The van der Waals surface area contributed by atoms with Crippen molar-refractivity contribution in [1.82, 2.24) is 14.7 Å². The molecule has 0 amide bonds. The largest absolute Gasteiger partial charge is 0.396 e. The van der Waals surface area contributed by atoms with E-state index in [-0.39, 0.29) is 17.3 Å². The number of benzene rings is 1. The lowest BCUT2D eigenvalue weighted by Crippen LogP contribution is -2.44. The Hall–Kier alpha value is -2.03. The van der Waals surface area contributed by atoms with Gasteiger partial charge in [0.05, 0.1) is 11.9 Å². The number of piperidine rings is 1. The summed E-state index contributed by atoms with van der Waals surface area (Å²) in [6.45, 7) is 2.44. The van der Waals surface area contributed by atoms with E-state index in [9.17, 15) is 13.6 Å². The molecule has 0 aliphatic carbocycles. The molecule has 2 aromatic rings. The van der Waals surface area contributed by atoms with Gasteiger partial charge in [0.2, 0.25) is 0 Å². The summed E-state index contributed by atoms with van der Waals surface area (Å²) in [6, 6.07) is 3.32. The number of rotatable bonds is 6. The second kappa shape index (κ2) is 8.98. The molecule has 1 aliphatic rings. The van der Waals surface area contributed by atoms with Crippen LogP contribution in [0.5, 0.6) is 0 Å². The van der Waals surface area contributed by atoms with Crippen LogP contribution in [0, 0.1) is 11.6 Å². The zero-order valence-corrected chi connectivity index (χ0v) is 16.4. The fourth-order valence-corrected chi connectivity index (χ4v) is 3.77. The summed E-state index contributed by atoms with van der Waals surface area (Å²) in [6.07, 6.45) is 3.98. The third kappa shape index (κ3) is 4.34. The number of aliphatic hydroxyl groups excluding tert-OH is 1. The molecule has 1 fully saturated rings. The lowest BCUT2D eigenvalue weighted by Gasteiger charge is -2.37. The van der Waals surface area contributed by atoms with Crippen molar-refractivity contribution < 1.29 is 13.9 Å². The van der Waals surface area contributed by atoms with E-state index >= 15 is 0 Å². The minimum Gasteiger partial charge on any atom is -0.396 e. The van der Waals surface area contributed by atoms with E-state index in [1.54, 1.807) is 0 Å². The van der Waals surface area contributed by atoms with Gasteiger partial charge in [0.15, 0.2) is 5.82 Å². The zero-order chi connectivity index (χ0) is 20.3. The Labute approximate surface area is 166 Å². The molecule has 6 nitrogen and oxygen atoms in total. The molecule has 1 N–H and O–H groups in total. The first kappa shape index (κ1) is 20.7. The van der Waals surface area contributed by atoms with Gasteiger partial charge in [0.25, 0.3) is 5.56 Å². The maximum absolute atomic E-state index is 14.0. The van der Waals surface area contributed by atoms with Gasteiger partial charge in [-0.05, 0) is 38.4 Å². The van der Waals surface area contributed by atoms with Crippen LogP contribution < -0.4 is 10.5 Å². The van der Waals surface area contributed by atoms with Crippen molar-refractivity contribution in [3.05, 3.63) is 51.4 Å². The first-order valence-corrected chi connectivity index (χ1v) is 9.59. The number of aromatic nitrogens is 2. The van der Waals surface area contributed by atoms with Gasteiger partial charge in [0, 0.05) is 38.3 Å². The Bertz CT molecular complexity index is 885. The number of nitrogens with zero attached hydrogens (tertiary/aromatic N) is 4. The minimum absolute atomic E-state index is 0.0363. The van der Waals surface area contributed by atoms with E-state index in [2.05, 4.69) is 10.00 Å². The number of aliphatic hydroxyl groups is 1. The smallest absolute Gasteiger partial charge is 0.292 e. The molecule has 0 unspecified atom stereocenters. The maximum Gasteiger partial charge on any atom is 0.292 e. The molecule has 1 saturated heterocycles. The quantitative estimate of drug-likeness (QED) is 0.789. The zero-order valence-electron chi connectivity index (χ0n) is 15.6. The van der Waals surface area contributed by atoms with Crippen LogP contribution in [-0.2, 0) is 0 Å². The SMILES string of the molecule is CN(CCCO)C1CCN(c2cnn(-c3ccc(F)cc3F)c(=O)c2Cl)CC1. The van der Waals surface area contributed by atoms with Gasteiger partial charge in [-0.2, -0.15) is 9.78 Å². The Morgan fingerprint density at radius 3 is 2.64 bits per heavy atom. The van der Waals surface area contributed by atoms with E-state index in [1.807, 2.05) is 11.9 Å². The number of anilines is 1. The maximum atomic E-state index is 14.0. The molecule has 0 saturated carbocycles. The molecule has 28 heavy (non-hydrogen) atoms. The highest BCUT2D eigenvalue weighted by atomic mass is 35.5. The molecule has 0 spiro atoms. The highest BCUT2D eigenvalue weighted by Crippen LogP contribution is 2.26. The van der Waals surface area contributed by atoms with E-state index in [0.29, 0.717) is 30.9 Å². The third-order valence-corrected chi connectivity index (χ3v) is 5.49. The van der Waals surface area contributed by atoms with Crippen LogP contribution in [0.25, 0.3) is 5.69 Å². The number of halogens is 3. The first-order valence-electron chi connectivity index (χ1n) is 9.21. The molecule has 152 valence electrons. The fraction of sp³-hybridized carbons (Fsp3) is 0.474. The van der Waals surface area contributed by atoms with Crippen molar-refractivity contribution in [2.45, 2.75) is 25.3 Å². The van der Waals surface area contributed by atoms with Crippen molar-refractivity contribution >= 4 is 17.3 Å². The highest BCUT2D eigenvalue weighted by Gasteiger charge is 2.25. The Morgan fingerprint density at radius 2 is 2.00 bits per heavy atom. The summed E-state index contributed by atoms with van der Waals surface area (Å²) < 4.78 is 28.0. The molecule has 2 heterocycles. The number of hydrogen-bond donors (Lipinski definition) is 1. The Balaban J connectivity index is 1.76. The molecule has 3 rings (SSSR count). The van der Waals surface area contributed by atoms with Crippen LogP contribution in [0.15, 0.2) is 29.2 Å². The van der Waals surface area contributed by atoms with Gasteiger partial charge >= 0.3 is 0 Å². The van der Waals surface area contributed by atoms with Gasteiger partial charge in [-0.3, -0.25) is 4.79 Å². The molecule has 1 aromatic heterocycles. The topological polar surface area (TPSA) is 61.6 Å². The van der Waals surface area contributed by atoms with E-state index in [4.69, 9.17) is 16.7 Å². The van der Waals surface area contributed by atoms with E-state index in [0.717, 1.165) is 42.6 Å². The van der Waals surface area contributed by atoms with Crippen molar-refractivity contribution in [3.8, 4) is 5.69 Å². The molecule has 0 atom stereocenters. The summed E-state index contributed by atoms with van der Waals surface area (Å²) in [5, 5.41) is 13.0. The monoisotopic (exact) mass is 412 g/mol. The predicted molar refractivity (Wildman–Crippen MR) is 104 cm³/mol. The summed E-state index contributed by atoms with van der Waals surface area (Å²) in [5.41, 5.74) is -0.280. The normalized spacial score (nSPS) is 15.4. The van der Waals surface area contributed by atoms with Crippen LogP contribution in [0.1, 0.15) is 19.3 Å². The first-order chi connectivity index (χ1) is 13.4. The molecular formula is C19H23ClF2N4O2. The average Bonchev–Trinajstić information content (AvgIpc) is 2.69. The second-order valence-corrected chi connectivity index (χ2v) is 7.31. The van der Waals surface area contributed by atoms with Gasteiger partial charge in [-0.15, -0.1) is 0 Å². The molecule has 9 heteroatoms. The van der Waals surface area contributed by atoms with Crippen molar-refractivity contribution in [2.24, 2.45) is 0 Å². The van der Waals surface area contributed by atoms with Crippen molar-refractivity contribution in [2.75, 3.05) is 38.2 Å². The van der Waals surface area contributed by atoms with Crippen molar-refractivity contribution in [1.29, 1.82) is 0 Å². The Morgan fingerprint density at radius 1 is 1.29 bits per heavy atom. The summed E-state index contributed by atoms with van der Waals surface area (Å²) in [7, 11) is 2.04. The molecular weight excluding hydrogens is 390 g/mol. The van der Waals surface area contributed by atoms with Crippen LogP contribution in [-0.4, -0.2) is 59.1 Å². The van der Waals surface area contributed by atoms with E-state index < -0.39 is 17.2 Å². The Kier molecular flexibility index (Phi) is 6.64. The van der Waals surface area contributed by atoms with Crippen LogP contribution in [0.4, 0.5) is 14.5 Å². The standard InChI is InChI=1S/C19H23ClF2N4O2/c1-24(7-2-10-27)14-5-8-25(9-6-14)17-12-23-26(19(28)18(17)20)16-4-3-13(21)11-15(16)22/h3-4,11-12,14,27H,2,5-10H2,1H3. The lowest BCUT2D eigenvalue weighted by atomic mass is 10.0. The fourth-order valence-electron chi connectivity index (χ4n) is 3.52. The summed E-state index contributed by atoms with van der Waals surface area (Å²) in [5.74, 6) is -1.62. The predicted octanol–water partition coefficient (Wildman–Crippen LogP) is 2.45. The third-order valence-electron chi connectivity index (χ3n) is 5.14. The van der Waals surface area contributed by atoms with Crippen molar-refractivity contribution in [3.63, 3.8) is 0 Å². The molecule has 0 bridgehead atoms. The summed E-state index contributed by atoms with van der Waals surface area (Å²) in [4.78, 5) is 16.8. The lowest BCUT2D eigenvalue weighted by molar-refractivity contribution is 0.184. The van der Waals surface area contributed by atoms with Gasteiger partial charge in [0.1, 0.15) is 16.5 Å². The van der Waals surface area contributed by atoms with Crippen LogP contribution in [0.3, 0.4) is 0 Å². The number of hydrogen-bond acceptors (Lipinski definition) is 5. The molecule has 1 aromatic carbocycles. The van der Waals surface area contributed by atoms with Gasteiger partial charge in [-0.1, -0.05) is 11.6 Å². The highest BCUT2D eigenvalue weighted by molar-refractivity contribution is 6.33. The minimum atomic E-state index is -0.884. The van der Waals surface area contributed by atoms with Gasteiger partial charge < -0.3 is 14.9 Å². The summed E-state index contributed by atoms with van der Waals surface area (Å²) >= 11 is 6.28. The van der Waals surface area contributed by atoms with Gasteiger partial charge in [-0.25, -0.2) is 8.78 Å². The van der Waals surface area contributed by atoms with Crippen LogP contribution in [0.2, 0.25) is 5.02 Å². The average molecular weight is 413 g/mol. The van der Waals surface area contributed by atoms with Crippen LogP contribution >= 0.6 is 11.6 Å². The van der Waals surface area contributed by atoms with E-state index in [1.165, 1.54) is 6.20 Å². The molecule has 0 radical (unpaired) electrons. The molecule has 1 aliphatic heterocycles. The second-order valence-electron chi connectivity index (χ2n) is 6.93.